The lowest BCUT2D eigenvalue weighted by atomic mass is 9.92. The van der Waals surface area contributed by atoms with Gasteiger partial charge in [-0.1, -0.05) is 48.5 Å². The van der Waals surface area contributed by atoms with Gasteiger partial charge in [-0.25, -0.2) is 4.98 Å². The Bertz CT molecular complexity index is 1160. The van der Waals surface area contributed by atoms with Crippen molar-refractivity contribution in [1.29, 1.82) is 0 Å². The van der Waals surface area contributed by atoms with Gasteiger partial charge in [0, 0.05) is 11.6 Å². The molecule has 0 aliphatic carbocycles. The zero-order valence-corrected chi connectivity index (χ0v) is 13.4. The number of benzene rings is 4. The maximum atomic E-state index is 4.41. The average Bonchev–Trinajstić information content (AvgIpc) is 2.63. The highest BCUT2D eigenvalue weighted by atomic mass is 15.0. The monoisotopic (exact) mass is 308 g/mol. The minimum absolute atomic E-state index is 0.871. The zero-order valence-electron chi connectivity index (χ0n) is 13.4. The molecule has 0 atom stereocenters. The van der Waals surface area contributed by atoms with E-state index in [2.05, 4.69) is 65.8 Å². The van der Waals surface area contributed by atoms with Gasteiger partial charge in [0.15, 0.2) is 0 Å². The van der Waals surface area contributed by atoms with Crippen molar-refractivity contribution in [3.63, 3.8) is 0 Å². The van der Waals surface area contributed by atoms with Crippen LogP contribution >= 0.6 is 0 Å². The van der Waals surface area contributed by atoms with Crippen LogP contribution in [0.3, 0.4) is 0 Å². The Hall–Kier alpha value is -3.13. The molecule has 114 valence electrons. The molecule has 1 N–H and O–H groups in total. The Balaban J connectivity index is 1.88. The first-order chi connectivity index (χ1) is 11.8. The van der Waals surface area contributed by atoms with E-state index in [4.69, 9.17) is 0 Å². The van der Waals surface area contributed by atoms with Crippen LogP contribution in [0.2, 0.25) is 0 Å². The van der Waals surface area contributed by atoms with Crippen molar-refractivity contribution in [2.75, 3.05) is 5.32 Å². The van der Waals surface area contributed by atoms with Gasteiger partial charge in [-0.3, -0.25) is 0 Å². The predicted octanol–water partition coefficient (Wildman–Crippen LogP) is 6.03. The summed E-state index contributed by atoms with van der Waals surface area (Å²) >= 11 is 0. The number of nitrogens with one attached hydrogen (secondary N) is 1. The van der Waals surface area contributed by atoms with Crippen LogP contribution in [0.25, 0.3) is 32.3 Å². The summed E-state index contributed by atoms with van der Waals surface area (Å²) in [7, 11) is 0. The Labute approximate surface area is 140 Å². The summed E-state index contributed by atoms with van der Waals surface area (Å²) < 4.78 is 0. The Morgan fingerprint density at radius 2 is 1.54 bits per heavy atom. The van der Waals surface area contributed by atoms with Gasteiger partial charge in [0.25, 0.3) is 0 Å². The predicted molar refractivity (Wildman–Crippen MR) is 102 cm³/mol. The number of hydrogen-bond acceptors (Lipinski definition) is 2. The van der Waals surface area contributed by atoms with Crippen molar-refractivity contribution in [2.45, 2.75) is 6.92 Å². The Morgan fingerprint density at radius 3 is 2.33 bits per heavy atom. The molecule has 2 heteroatoms. The van der Waals surface area contributed by atoms with Gasteiger partial charge in [0.2, 0.25) is 0 Å². The van der Waals surface area contributed by atoms with E-state index >= 15 is 0 Å². The third-order valence-electron chi connectivity index (χ3n) is 4.76. The number of pyridine rings is 1. The number of rotatable bonds is 2. The first-order valence-electron chi connectivity index (χ1n) is 8.16. The van der Waals surface area contributed by atoms with E-state index in [9.17, 15) is 0 Å². The van der Waals surface area contributed by atoms with Gasteiger partial charge in [0.1, 0.15) is 5.82 Å². The first-order valence-corrected chi connectivity index (χ1v) is 8.16. The van der Waals surface area contributed by atoms with Crippen LogP contribution in [0.1, 0.15) is 5.56 Å². The lowest BCUT2D eigenvalue weighted by Crippen LogP contribution is -1.97. The number of aryl methyl sites for hydroxylation is 1. The van der Waals surface area contributed by atoms with E-state index in [1.54, 1.807) is 0 Å². The molecule has 0 spiro atoms. The van der Waals surface area contributed by atoms with E-state index in [0.29, 0.717) is 0 Å². The second kappa shape index (κ2) is 4.93. The summed E-state index contributed by atoms with van der Waals surface area (Å²) in [6.07, 6.45) is 1.81. The summed E-state index contributed by atoms with van der Waals surface area (Å²) in [4.78, 5) is 4.41. The highest BCUT2D eigenvalue weighted by Gasteiger charge is 2.13. The van der Waals surface area contributed by atoms with Crippen molar-refractivity contribution < 1.29 is 0 Å². The fraction of sp³-hybridized carbons (Fsp3) is 0.0455. The number of anilines is 2. The molecule has 0 amide bonds. The number of aromatic nitrogens is 1. The third-order valence-corrected chi connectivity index (χ3v) is 4.76. The van der Waals surface area contributed by atoms with Crippen molar-refractivity contribution in [2.24, 2.45) is 0 Å². The molecule has 0 fully saturated rings. The van der Waals surface area contributed by atoms with Gasteiger partial charge in [-0.15, -0.1) is 0 Å². The second-order valence-corrected chi connectivity index (χ2v) is 6.26. The zero-order chi connectivity index (χ0) is 16.1. The molecule has 0 bridgehead atoms. The number of hydrogen-bond donors (Lipinski definition) is 1. The Kier molecular flexibility index (Phi) is 2.74. The lowest BCUT2D eigenvalue weighted by molar-refractivity contribution is 1.30. The summed E-state index contributed by atoms with van der Waals surface area (Å²) in [6, 6.07) is 23.6. The molecule has 5 aromatic rings. The standard InChI is InChI=1S/C22H16N2/c1-14-13-17-9-8-15-5-4-6-16-10-11-18(21(17)20(15)16)22(14)24-19-7-2-3-12-23-19/h2-13H,1H3,(H,23,24). The summed E-state index contributed by atoms with van der Waals surface area (Å²) in [5.74, 6) is 0.871. The molecule has 2 nitrogen and oxygen atoms in total. The molecule has 0 aliphatic rings. The first kappa shape index (κ1) is 13.3. The minimum Gasteiger partial charge on any atom is -0.340 e. The van der Waals surface area contributed by atoms with E-state index in [1.165, 1.54) is 37.9 Å². The molecule has 5 rings (SSSR count). The van der Waals surface area contributed by atoms with Crippen LogP contribution in [0.15, 0.2) is 72.9 Å². The Morgan fingerprint density at radius 1 is 0.750 bits per heavy atom. The molecule has 1 heterocycles. The van der Waals surface area contributed by atoms with Crippen molar-refractivity contribution >= 4 is 43.8 Å². The highest BCUT2D eigenvalue weighted by Crippen LogP contribution is 2.40. The molecule has 0 saturated carbocycles. The van der Waals surface area contributed by atoms with Gasteiger partial charge in [-0.05, 0) is 57.6 Å². The van der Waals surface area contributed by atoms with Gasteiger partial charge >= 0.3 is 0 Å². The molecule has 0 unspecified atom stereocenters. The van der Waals surface area contributed by atoms with Crippen LogP contribution in [0, 0.1) is 6.92 Å². The normalized spacial score (nSPS) is 11.5. The minimum atomic E-state index is 0.871. The quantitative estimate of drug-likeness (QED) is 0.403. The van der Waals surface area contributed by atoms with Crippen LogP contribution in [0.4, 0.5) is 11.5 Å². The fourth-order valence-electron chi connectivity index (χ4n) is 3.69. The van der Waals surface area contributed by atoms with E-state index < -0.39 is 0 Å². The average molecular weight is 308 g/mol. The second-order valence-electron chi connectivity index (χ2n) is 6.26. The SMILES string of the molecule is Cc1cc2ccc3cccc4ccc(c1Nc1ccccn1)c2c34. The van der Waals surface area contributed by atoms with E-state index in [-0.39, 0.29) is 0 Å². The van der Waals surface area contributed by atoms with Gasteiger partial charge < -0.3 is 5.32 Å². The molecule has 1 aromatic heterocycles. The van der Waals surface area contributed by atoms with Crippen molar-refractivity contribution in [1.82, 2.24) is 4.98 Å². The van der Waals surface area contributed by atoms with Crippen LogP contribution in [0.5, 0.6) is 0 Å². The van der Waals surface area contributed by atoms with Crippen LogP contribution in [-0.4, -0.2) is 4.98 Å². The summed E-state index contributed by atoms with van der Waals surface area (Å²) in [6.45, 7) is 2.15. The molecule has 4 aromatic carbocycles. The summed E-state index contributed by atoms with van der Waals surface area (Å²) in [5.41, 5.74) is 2.37. The van der Waals surface area contributed by atoms with E-state index in [1.807, 2.05) is 24.4 Å². The third kappa shape index (κ3) is 1.86. The molecule has 0 aliphatic heterocycles. The van der Waals surface area contributed by atoms with Gasteiger partial charge in [0.05, 0.1) is 5.69 Å². The smallest absolute Gasteiger partial charge is 0.130 e. The van der Waals surface area contributed by atoms with Crippen molar-refractivity contribution in [3.8, 4) is 0 Å². The molecule has 0 saturated heterocycles. The lowest BCUT2D eigenvalue weighted by Gasteiger charge is -2.17. The number of nitrogens with zero attached hydrogens (tertiary/aromatic N) is 1. The van der Waals surface area contributed by atoms with E-state index in [0.717, 1.165) is 11.5 Å². The molecular weight excluding hydrogens is 292 g/mol. The van der Waals surface area contributed by atoms with Gasteiger partial charge in [-0.2, -0.15) is 0 Å². The topological polar surface area (TPSA) is 24.9 Å². The van der Waals surface area contributed by atoms with Crippen LogP contribution < -0.4 is 5.32 Å². The maximum absolute atomic E-state index is 4.41. The highest BCUT2D eigenvalue weighted by molar-refractivity contribution is 6.25. The fourth-order valence-corrected chi connectivity index (χ4v) is 3.69. The van der Waals surface area contributed by atoms with Crippen molar-refractivity contribution in [3.05, 3.63) is 78.5 Å². The molecular formula is C22H16N2. The largest absolute Gasteiger partial charge is 0.340 e. The molecule has 24 heavy (non-hydrogen) atoms. The molecule has 0 radical (unpaired) electrons. The van der Waals surface area contributed by atoms with Crippen LogP contribution in [-0.2, 0) is 0 Å². The maximum Gasteiger partial charge on any atom is 0.130 e. The summed E-state index contributed by atoms with van der Waals surface area (Å²) in [5, 5.41) is 11.3.